The highest BCUT2D eigenvalue weighted by molar-refractivity contribution is 6.30. The van der Waals surface area contributed by atoms with Crippen LogP contribution in [-0.2, 0) is 4.79 Å². The molecule has 5 rings (SSSR count). The van der Waals surface area contributed by atoms with Gasteiger partial charge in [0.15, 0.2) is 0 Å². The van der Waals surface area contributed by atoms with Gasteiger partial charge in [-0.2, -0.15) is 0 Å². The van der Waals surface area contributed by atoms with Crippen molar-refractivity contribution in [1.82, 2.24) is 0 Å². The van der Waals surface area contributed by atoms with Crippen molar-refractivity contribution in [1.29, 1.82) is 0 Å². The number of nitrogens with zero attached hydrogens (tertiary/aromatic N) is 1. The fraction of sp³-hybridized carbons (Fsp3) is 0.167. The number of hydrogen-bond acceptors (Lipinski definition) is 4. The number of aliphatic hydroxyl groups is 1. The van der Waals surface area contributed by atoms with Gasteiger partial charge in [-0.25, -0.2) is 0 Å². The SMILES string of the molecule is O=C1[C@H](CC[C@H](O)c2cccc(Cl)c2)[C@@H](c2ccc(-c3ccc(O)cc3)cc2O)N1c1ccccc1. The molecule has 1 amide bonds. The van der Waals surface area contributed by atoms with Crippen molar-refractivity contribution in [3.63, 3.8) is 0 Å². The number of phenols is 2. The summed E-state index contributed by atoms with van der Waals surface area (Å²) in [5.41, 5.74) is 3.80. The van der Waals surface area contributed by atoms with E-state index in [-0.39, 0.29) is 29.4 Å². The number of hydrogen-bond donors (Lipinski definition) is 3. The van der Waals surface area contributed by atoms with E-state index in [4.69, 9.17) is 11.6 Å². The smallest absolute Gasteiger partial charge is 0.233 e. The Morgan fingerprint density at radius 1 is 0.833 bits per heavy atom. The summed E-state index contributed by atoms with van der Waals surface area (Å²) >= 11 is 6.07. The van der Waals surface area contributed by atoms with Crippen LogP contribution < -0.4 is 4.90 Å². The number of carbonyl (C=O) groups excluding carboxylic acids is 1. The van der Waals surface area contributed by atoms with E-state index in [9.17, 15) is 20.1 Å². The molecule has 5 nitrogen and oxygen atoms in total. The highest BCUT2D eigenvalue weighted by atomic mass is 35.5. The Morgan fingerprint density at radius 3 is 2.25 bits per heavy atom. The van der Waals surface area contributed by atoms with Gasteiger partial charge in [0, 0.05) is 16.3 Å². The zero-order chi connectivity index (χ0) is 25.2. The molecule has 0 aliphatic carbocycles. The maximum Gasteiger partial charge on any atom is 0.233 e. The first-order chi connectivity index (χ1) is 17.4. The molecule has 3 atom stereocenters. The van der Waals surface area contributed by atoms with Crippen LogP contribution in [0.25, 0.3) is 11.1 Å². The first kappa shape index (κ1) is 23.9. The molecular formula is C30H26ClNO4. The molecule has 0 bridgehead atoms. The molecule has 4 aromatic carbocycles. The molecule has 0 unspecified atom stereocenters. The van der Waals surface area contributed by atoms with Crippen LogP contribution in [0.5, 0.6) is 11.5 Å². The molecule has 6 heteroatoms. The van der Waals surface area contributed by atoms with Gasteiger partial charge >= 0.3 is 0 Å². The van der Waals surface area contributed by atoms with Crippen LogP contribution in [0.2, 0.25) is 5.02 Å². The summed E-state index contributed by atoms with van der Waals surface area (Å²) < 4.78 is 0. The summed E-state index contributed by atoms with van der Waals surface area (Å²) in [6.45, 7) is 0. The van der Waals surface area contributed by atoms with Crippen molar-refractivity contribution in [2.24, 2.45) is 5.92 Å². The van der Waals surface area contributed by atoms with Crippen molar-refractivity contribution in [2.75, 3.05) is 4.90 Å². The largest absolute Gasteiger partial charge is 0.508 e. The minimum atomic E-state index is -0.742. The van der Waals surface area contributed by atoms with Gasteiger partial charge in [-0.3, -0.25) is 4.79 Å². The maximum absolute atomic E-state index is 13.3. The summed E-state index contributed by atoms with van der Waals surface area (Å²) in [5, 5.41) is 31.9. The van der Waals surface area contributed by atoms with E-state index in [0.717, 1.165) is 16.8 Å². The monoisotopic (exact) mass is 499 g/mol. The molecule has 0 radical (unpaired) electrons. The number of aliphatic hydroxyl groups excluding tert-OH is 1. The Kier molecular flexibility index (Phi) is 6.68. The van der Waals surface area contributed by atoms with E-state index in [1.807, 2.05) is 48.5 Å². The lowest BCUT2D eigenvalue weighted by Crippen LogP contribution is -2.55. The third kappa shape index (κ3) is 4.68. The van der Waals surface area contributed by atoms with Crippen LogP contribution in [0.1, 0.15) is 36.1 Å². The Hall–Kier alpha value is -3.80. The minimum Gasteiger partial charge on any atom is -0.508 e. The van der Waals surface area contributed by atoms with E-state index in [2.05, 4.69) is 0 Å². The van der Waals surface area contributed by atoms with Crippen LogP contribution in [0.4, 0.5) is 5.69 Å². The molecule has 0 aromatic heterocycles. The lowest BCUT2D eigenvalue weighted by atomic mass is 9.77. The topological polar surface area (TPSA) is 81.0 Å². The van der Waals surface area contributed by atoms with E-state index in [0.29, 0.717) is 29.0 Å². The predicted molar refractivity (Wildman–Crippen MR) is 141 cm³/mol. The second-order valence-corrected chi connectivity index (χ2v) is 9.50. The van der Waals surface area contributed by atoms with Crippen LogP contribution in [-0.4, -0.2) is 21.2 Å². The van der Waals surface area contributed by atoms with Gasteiger partial charge in [0.05, 0.1) is 18.1 Å². The average Bonchev–Trinajstić information content (AvgIpc) is 2.88. The van der Waals surface area contributed by atoms with Crippen LogP contribution in [0.3, 0.4) is 0 Å². The maximum atomic E-state index is 13.3. The number of rotatable bonds is 7. The molecule has 1 aliphatic rings. The van der Waals surface area contributed by atoms with Gasteiger partial charge in [0.1, 0.15) is 11.5 Å². The molecular weight excluding hydrogens is 474 g/mol. The summed E-state index contributed by atoms with van der Waals surface area (Å²) in [7, 11) is 0. The van der Waals surface area contributed by atoms with Gasteiger partial charge in [-0.05, 0) is 72.0 Å². The number of aromatic hydroxyl groups is 2. The molecule has 1 aliphatic heterocycles. The van der Waals surface area contributed by atoms with Crippen LogP contribution in [0, 0.1) is 5.92 Å². The minimum absolute atomic E-state index is 0.0356. The molecule has 0 saturated carbocycles. The average molecular weight is 500 g/mol. The summed E-state index contributed by atoms with van der Waals surface area (Å²) in [5.74, 6) is -0.149. The zero-order valence-corrected chi connectivity index (χ0v) is 20.2. The number of halogens is 1. The highest BCUT2D eigenvalue weighted by Crippen LogP contribution is 2.49. The Balaban J connectivity index is 1.43. The van der Waals surface area contributed by atoms with Crippen molar-refractivity contribution >= 4 is 23.2 Å². The molecule has 1 heterocycles. The number of phenolic OH excluding ortho intramolecular Hbond substituents is 2. The van der Waals surface area contributed by atoms with Gasteiger partial charge < -0.3 is 20.2 Å². The Bertz CT molecular complexity index is 1370. The lowest BCUT2D eigenvalue weighted by molar-refractivity contribution is -0.131. The van der Waals surface area contributed by atoms with Crippen LogP contribution in [0.15, 0.2) is 97.1 Å². The molecule has 4 aromatic rings. The summed E-state index contributed by atoms with van der Waals surface area (Å²) in [6, 6.07) is 28.4. The lowest BCUT2D eigenvalue weighted by Gasteiger charge is -2.48. The Morgan fingerprint density at radius 2 is 1.56 bits per heavy atom. The zero-order valence-electron chi connectivity index (χ0n) is 19.5. The fourth-order valence-corrected chi connectivity index (χ4v) is 5.11. The number of amides is 1. The van der Waals surface area contributed by atoms with Crippen LogP contribution >= 0.6 is 11.6 Å². The van der Waals surface area contributed by atoms with Crippen molar-refractivity contribution in [3.05, 3.63) is 113 Å². The van der Waals surface area contributed by atoms with E-state index in [1.165, 1.54) is 0 Å². The van der Waals surface area contributed by atoms with E-state index >= 15 is 0 Å². The van der Waals surface area contributed by atoms with Gasteiger partial charge in [0.25, 0.3) is 0 Å². The molecule has 36 heavy (non-hydrogen) atoms. The van der Waals surface area contributed by atoms with Gasteiger partial charge in [-0.15, -0.1) is 0 Å². The first-order valence-corrected chi connectivity index (χ1v) is 12.2. The van der Waals surface area contributed by atoms with Gasteiger partial charge in [-0.1, -0.05) is 66.2 Å². The standard InChI is InChI=1S/C30H26ClNO4/c31-22-6-4-5-21(17-22)27(34)16-15-26-29(32(30(26)36)23-7-2-1-3-8-23)25-14-11-20(18-28(25)35)19-9-12-24(33)13-10-19/h1-14,17-18,26-27,29,33-35H,15-16H2/t26-,27+,29-/m1/s1. The summed E-state index contributed by atoms with van der Waals surface area (Å²) in [4.78, 5) is 15.0. The summed E-state index contributed by atoms with van der Waals surface area (Å²) in [6.07, 6.45) is 0.107. The second-order valence-electron chi connectivity index (χ2n) is 9.06. The number of β-lactam (4-membered cyclic amide) rings is 1. The fourth-order valence-electron chi connectivity index (χ4n) is 4.91. The molecule has 0 spiro atoms. The van der Waals surface area contributed by atoms with Crippen molar-refractivity contribution < 1.29 is 20.1 Å². The molecule has 182 valence electrons. The number of para-hydroxylation sites is 1. The third-order valence-corrected chi connectivity index (χ3v) is 7.02. The van der Waals surface area contributed by atoms with Gasteiger partial charge in [0.2, 0.25) is 5.91 Å². The molecule has 1 fully saturated rings. The van der Waals surface area contributed by atoms with E-state index in [1.54, 1.807) is 53.4 Å². The second kappa shape index (κ2) is 10.1. The quantitative estimate of drug-likeness (QED) is 0.249. The molecule has 3 N–H and O–H groups in total. The Labute approximate surface area is 214 Å². The highest BCUT2D eigenvalue weighted by Gasteiger charge is 2.49. The predicted octanol–water partition coefficient (Wildman–Crippen LogP) is 6.64. The number of carbonyl (C=O) groups is 1. The first-order valence-electron chi connectivity index (χ1n) is 11.9. The third-order valence-electron chi connectivity index (χ3n) is 6.78. The normalized spacial score (nSPS) is 18.1. The van der Waals surface area contributed by atoms with E-state index < -0.39 is 6.10 Å². The van der Waals surface area contributed by atoms with Crippen molar-refractivity contribution in [3.8, 4) is 22.6 Å². The van der Waals surface area contributed by atoms with Crippen molar-refractivity contribution in [2.45, 2.75) is 25.0 Å². The molecule has 1 saturated heterocycles. The number of anilines is 1. The number of benzene rings is 4.